The molecule has 5 nitrogen and oxygen atoms in total. The lowest BCUT2D eigenvalue weighted by Gasteiger charge is -2.02. The highest BCUT2D eigenvalue weighted by atomic mass is 79.9. The van der Waals surface area contributed by atoms with Crippen LogP contribution in [0.3, 0.4) is 0 Å². The smallest absolute Gasteiger partial charge is 0.181 e. The van der Waals surface area contributed by atoms with Gasteiger partial charge in [0.1, 0.15) is 16.4 Å². The zero-order chi connectivity index (χ0) is 10.8. The van der Waals surface area contributed by atoms with Crippen LogP contribution in [0.1, 0.15) is 0 Å². The van der Waals surface area contributed by atoms with Crippen molar-refractivity contribution in [2.75, 3.05) is 14.1 Å². The van der Waals surface area contributed by atoms with Gasteiger partial charge >= 0.3 is 0 Å². The maximum Gasteiger partial charge on any atom is 0.181 e. The molecule has 2 rings (SSSR count). The number of halogens is 1. The van der Waals surface area contributed by atoms with Gasteiger partial charge in [0.05, 0.1) is 6.34 Å². The first-order chi connectivity index (χ1) is 7.18. The van der Waals surface area contributed by atoms with Gasteiger partial charge in [-0.1, -0.05) is 0 Å². The van der Waals surface area contributed by atoms with E-state index in [1.807, 2.05) is 31.1 Å². The minimum absolute atomic E-state index is 0.657. The fraction of sp³-hybridized carbons (Fsp3) is 0.222. The molecule has 0 saturated carbocycles. The Morgan fingerprint density at radius 3 is 3.00 bits per heavy atom. The van der Waals surface area contributed by atoms with Crippen LogP contribution in [0, 0.1) is 0 Å². The van der Waals surface area contributed by atoms with Crippen LogP contribution in [0.25, 0.3) is 5.52 Å². The molecule has 0 atom stereocenters. The quantitative estimate of drug-likeness (QED) is 0.615. The molecule has 0 unspecified atom stereocenters. The first-order valence-electron chi connectivity index (χ1n) is 4.37. The number of aliphatic imine (C=N–C) groups is 1. The Morgan fingerprint density at radius 1 is 1.47 bits per heavy atom. The van der Waals surface area contributed by atoms with Crippen molar-refractivity contribution in [1.82, 2.24) is 19.5 Å². The Balaban J connectivity index is 2.52. The molecule has 0 aromatic carbocycles. The Labute approximate surface area is 95.6 Å². The van der Waals surface area contributed by atoms with E-state index < -0.39 is 0 Å². The molecule has 0 bridgehead atoms. The van der Waals surface area contributed by atoms with E-state index in [1.54, 1.807) is 10.9 Å². The topological polar surface area (TPSA) is 45.8 Å². The molecule has 78 valence electrons. The van der Waals surface area contributed by atoms with Gasteiger partial charge in [-0.2, -0.15) is 5.10 Å². The fourth-order valence-electron chi connectivity index (χ4n) is 1.16. The first-order valence-corrected chi connectivity index (χ1v) is 5.16. The third-order valence-corrected chi connectivity index (χ3v) is 2.40. The average molecular weight is 268 g/mol. The van der Waals surface area contributed by atoms with Crippen LogP contribution < -0.4 is 0 Å². The maximum absolute atomic E-state index is 4.26. The summed E-state index contributed by atoms with van der Waals surface area (Å²) in [5, 5.41) is 4.10. The second-order valence-corrected chi connectivity index (χ2v) is 4.06. The van der Waals surface area contributed by atoms with Gasteiger partial charge in [0.15, 0.2) is 5.82 Å². The molecule has 2 heterocycles. The predicted molar refractivity (Wildman–Crippen MR) is 62.5 cm³/mol. The van der Waals surface area contributed by atoms with Gasteiger partial charge in [-0.05, 0) is 28.1 Å². The maximum atomic E-state index is 4.26. The van der Waals surface area contributed by atoms with Crippen molar-refractivity contribution < 1.29 is 0 Å². The van der Waals surface area contributed by atoms with Crippen LogP contribution in [0.4, 0.5) is 5.82 Å². The highest BCUT2D eigenvalue weighted by Crippen LogP contribution is 2.21. The molecule has 15 heavy (non-hydrogen) atoms. The minimum atomic E-state index is 0.657. The summed E-state index contributed by atoms with van der Waals surface area (Å²) in [5.74, 6) is 0.657. The molecule has 0 N–H and O–H groups in total. The van der Waals surface area contributed by atoms with Crippen molar-refractivity contribution in [3.05, 3.63) is 23.1 Å². The van der Waals surface area contributed by atoms with Crippen molar-refractivity contribution in [3.8, 4) is 0 Å². The summed E-state index contributed by atoms with van der Waals surface area (Å²) in [6.07, 6.45) is 3.20. The molecule has 2 aromatic rings. The normalized spacial score (nSPS) is 11.4. The average Bonchev–Trinajstić information content (AvgIpc) is 2.58. The van der Waals surface area contributed by atoms with E-state index in [2.05, 4.69) is 31.0 Å². The summed E-state index contributed by atoms with van der Waals surface area (Å²) in [6.45, 7) is 0. The Bertz CT molecular complexity index is 502. The Hall–Kier alpha value is -1.43. The molecule has 0 spiro atoms. The van der Waals surface area contributed by atoms with Crippen LogP contribution >= 0.6 is 15.9 Å². The van der Waals surface area contributed by atoms with E-state index >= 15 is 0 Å². The summed E-state index contributed by atoms with van der Waals surface area (Å²) in [4.78, 5) is 10.2. The van der Waals surface area contributed by atoms with E-state index in [0.29, 0.717) is 5.82 Å². The number of aromatic nitrogens is 3. The summed E-state index contributed by atoms with van der Waals surface area (Å²) in [7, 11) is 3.83. The lowest BCUT2D eigenvalue weighted by atomic mass is 10.5. The van der Waals surface area contributed by atoms with E-state index in [-0.39, 0.29) is 0 Å². The van der Waals surface area contributed by atoms with Crippen LogP contribution in [0.2, 0.25) is 0 Å². The third-order valence-electron chi connectivity index (χ3n) is 1.80. The fourth-order valence-corrected chi connectivity index (χ4v) is 1.57. The third kappa shape index (κ3) is 1.99. The Kier molecular flexibility index (Phi) is 2.68. The molecule has 0 amide bonds. The number of fused-ring (bicyclic) bond motifs is 1. The molecule has 2 aromatic heterocycles. The molecular weight excluding hydrogens is 258 g/mol. The van der Waals surface area contributed by atoms with Gasteiger partial charge < -0.3 is 4.90 Å². The number of rotatable bonds is 2. The van der Waals surface area contributed by atoms with Gasteiger partial charge in [-0.3, -0.25) is 0 Å². The summed E-state index contributed by atoms with van der Waals surface area (Å²) < 4.78 is 2.64. The minimum Gasteiger partial charge on any atom is -0.369 e. The zero-order valence-electron chi connectivity index (χ0n) is 8.42. The highest BCUT2D eigenvalue weighted by Gasteiger charge is 2.04. The SMILES string of the molecule is CN(C)/C=N/c1ncnn2c(Br)ccc12. The standard InChI is InChI=1S/C9H10BrN5/c1-14(2)6-12-9-7-3-4-8(10)15(7)13-5-11-9/h3-6H,1-2H3/b12-6+. The molecule has 0 saturated heterocycles. The Morgan fingerprint density at radius 2 is 2.27 bits per heavy atom. The molecule has 0 fully saturated rings. The van der Waals surface area contributed by atoms with E-state index in [1.165, 1.54) is 6.33 Å². The van der Waals surface area contributed by atoms with Crippen molar-refractivity contribution in [2.45, 2.75) is 0 Å². The van der Waals surface area contributed by atoms with E-state index in [4.69, 9.17) is 0 Å². The van der Waals surface area contributed by atoms with Gasteiger partial charge in [-0.15, -0.1) is 0 Å². The van der Waals surface area contributed by atoms with E-state index in [0.717, 1.165) is 10.1 Å². The van der Waals surface area contributed by atoms with Crippen LogP contribution in [-0.4, -0.2) is 39.9 Å². The molecule has 0 aliphatic rings. The van der Waals surface area contributed by atoms with Crippen molar-refractivity contribution in [3.63, 3.8) is 0 Å². The number of hydrogen-bond acceptors (Lipinski definition) is 3. The van der Waals surface area contributed by atoms with Gasteiger partial charge in [0.2, 0.25) is 0 Å². The summed E-state index contributed by atoms with van der Waals surface area (Å²) >= 11 is 3.39. The highest BCUT2D eigenvalue weighted by molar-refractivity contribution is 9.10. The van der Waals surface area contributed by atoms with Crippen LogP contribution in [0.5, 0.6) is 0 Å². The van der Waals surface area contributed by atoms with Crippen molar-refractivity contribution in [1.29, 1.82) is 0 Å². The molecule has 0 radical (unpaired) electrons. The monoisotopic (exact) mass is 267 g/mol. The number of hydrogen-bond donors (Lipinski definition) is 0. The van der Waals surface area contributed by atoms with Gasteiger partial charge in [0.25, 0.3) is 0 Å². The lowest BCUT2D eigenvalue weighted by molar-refractivity contribution is 0.643. The van der Waals surface area contributed by atoms with Crippen molar-refractivity contribution in [2.24, 2.45) is 4.99 Å². The largest absolute Gasteiger partial charge is 0.369 e. The molecule has 0 aliphatic carbocycles. The van der Waals surface area contributed by atoms with Gasteiger partial charge in [-0.25, -0.2) is 14.5 Å². The molecular formula is C9H10BrN5. The first kappa shape index (κ1) is 10.1. The number of nitrogens with zero attached hydrogens (tertiary/aromatic N) is 5. The summed E-state index contributed by atoms with van der Waals surface area (Å²) in [5.41, 5.74) is 0.877. The van der Waals surface area contributed by atoms with Crippen molar-refractivity contribution >= 4 is 33.6 Å². The predicted octanol–water partition coefficient (Wildman–Crippen LogP) is 1.71. The lowest BCUT2D eigenvalue weighted by Crippen LogP contribution is -2.07. The second-order valence-electron chi connectivity index (χ2n) is 3.24. The zero-order valence-corrected chi connectivity index (χ0v) is 10.0. The molecule has 6 heteroatoms. The summed E-state index contributed by atoms with van der Waals surface area (Å²) in [6, 6.07) is 3.84. The second kappa shape index (κ2) is 3.98. The van der Waals surface area contributed by atoms with Crippen LogP contribution in [-0.2, 0) is 0 Å². The molecule has 0 aliphatic heterocycles. The van der Waals surface area contributed by atoms with Gasteiger partial charge in [0, 0.05) is 14.1 Å². The van der Waals surface area contributed by atoms with E-state index in [9.17, 15) is 0 Å². The van der Waals surface area contributed by atoms with Crippen LogP contribution in [0.15, 0.2) is 28.1 Å².